The number of hydrogen-bond donors (Lipinski definition) is 0. The number of ether oxygens (including phenoxy) is 1. The molecule has 6 heteroatoms. The van der Waals surface area contributed by atoms with E-state index >= 15 is 0 Å². The van der Waals surface area contributed by atoms with Gasteiger partial charge < -0.3 is 9.30 Å². The highest BCUT2D eigenvalue weighted by molar-refractivity contribution is 7.90. The molecule has 0 aliphatic heterocycles. The predicted octanol–water partition coefficient (Wildman–Crippen LogP) is 1.73. The maximum atomic E-state index is 11.5. The first-order valence-corrected chi connectivity index (χ1v) is 7.83. The minimum absolute atomic E-state index is 0.280. The van der Waals surface area contributed by atoms with Gasteiger partial charge in [0.25, 0.3) is 0 Å². The summed E-state index contributed by atoms with van der Waals surface area (Å²) in [6.45, 7) is 0.474. The van der Waals surface area contributed by atoms with E-state index in [0.29, 0.717) is 12.2 Å². The smallest absolute Gasteiger partial charge is 0.354 e. The van der Waals surface area contributed by atoms with Crippen LogP contribution in [-0.4, -0.2) is 32.3 Å². The summed E-state index contributed by atoms with van der Waals surface area (Å²) in [5.41, 5.74) is 1.36. The summed E-state index contributed by atoms with van der Waals surface area (Å²) in [7, 11) is -1.85. The van der Waals surface area contributed by atoms with Crippen LogP contribution in [0.2, 0.25) is 0 Å². The number of carbonyl (C=O) groups excluding carboxylic acids is 1. The van der Waals surface area contributed by atoms with Crippen LogP contribution in [0, 0.1) is 0 Å². The van der Waals surface area contributed by atoms with E-state index in [-0.39, 0.29) is 4.90 Å². The van der Waals surface area contributed by atoms with E-state index in [9.17, 15) is 13.2 Å². The molecule has 0 radical (unpaired) electrons. The fraction of sp³-hybridized carbons (Fsp3) is 0.214. The Morgan fingerprint density at radius 2 is 1.85 bits per heavy atom. The lowest BCUT2D eigenvalue weighted by Crippen LogP contribution is -2.10. The molecule has 1 aromatic heterocycles. The zero-order valence-corrected chi connectivity index (χ0v) is 12.1. The van der Waals surface area contributed by atoms with Crippen molar-refractivity contribution < 1.29 is 17.9 Å². The molecule has 0 bridgehead atoms. The van der Waals surface area contributed by atoms with E-state index in [2.05, 4.69) is 0 Å². The van der Waals surface area contributed by atoms with Gasteiger partial charge in [0.15, 0.2) is 9.84 Å². The Balaban J connectivity index is 2.23. The van der Waals surface area contributed by atoms with Crippen LogP contribution in [0.5, 0.6) is 0 Å². The number of esters is 1. The summed E-state index contributed by atoms with van der Waals surface area (Å²) in [6.07, 6.45) is 2.94. The number of aromatic nitrogens is 1. The fourth-order valence-electron chi connectivity index (χ4n) is 1.88. The third-order valence-corrected chi connectivity index (χ3v) is 4.06. The second-order valence-corrected chi connectivity index (χ2v) is 6.44. The molecule has 0 saturated heterocycles. The molecule has 0 N–H and O–H groups in total. The largest absolute Gasteiger partial charge is 0.464 e. The van der Waals surface area contributed by atoms with Crippen molar-refractivity contribution in [2.75, 3.05) is 13.4 Å². The van der Waals surface area contributed by atoms with Crippen LogP contribution in [0.1, 0.15) is 16.1 Å². The van der Waals surface area contributed by atoms with Gasteiger partial charge >= 0.3 is 5.97 Å². The monoisotopic (exact) mass is 293 g/mol. The average Bonchev–Trinajstić information content (AvgIpc) is 2.85. The maximum Gasteiger partial charge on any atom is 0.354 e. The lowest BCUT2D eigenvalue weighted by Gasteiger charge is -2.08. The summed E-state index contributed by atoms with van der Waals surface area (Å²) in [4.78, 5) is 11.8. The number of carbonyl (C=O) groups is 1. The number of sulfone groups is 1. The predicted molar refractivity (Wildman–Crippen MR) is 74.4 cm³/mol. The van der Waals surface area contributed by atoms with Crippen molar-refractivity contribution in [2.45, 2.75) is 11.4 Å². The standard InChI is InChI=1S/C14H15NO4S/c1-19-14(16)13-4-3-9-15(13)10-11-5-7-12(8-6-11)20(2,17)18/h3-9H,10H2,1-2H3. The number of nitrogens with zero attached hydrogens (tertiary/aromatic N) is 1. The minimum atomic E-state index is -3.19. The molecule has 20 heavy (non-hydrogen) atoms. The molecule has 2 aromatic rings. The van der Waals surface area contributed by atoms with E-state index in [4.69, 9.17) is 4.74 Å². The van der Waals surface area contributed by atoms with Crippen LogP contribution in [0.4, 0.5) is 0 Å². The Hall–Kier alpha value is -2.08. The van der Waals surface area contributed by atoms with Gasteiger partial charge in [-0.3, -0.25) is 0 Å². The normalized spacial score (nSPS) is 11.3. The van der Waals surface area contributed by atoms with E-state index < -0.39 is 15.8 Å². The molecule has 106 valence electrons. The molecule has 0 unspecified atom stereocenters. The van der Waals surface area contributed by atoms with Gasteiger partial charge in [-0.2, -0.15) is 0 Å². The molecule has 5 nitrogen and oxygen atoms in total. The molecule has 2 rings (SSSR count). The summed E-state index contributed by atoms with van der Waals surface area (Å²) >= 11 is 0. The lowest BCUT2D eigenvalue weighted by atomic mass is 10.2. The van der Waals surface area contributed by atoms with E-state index in [1.54, 1.807) is 47.2 Å². The van der Waals surface area contributed by atoms with Crippen LogP contribution < -0.4 is 0 Å². The van der Waals surface area contributed by atoms with Crippen molar-refractivity contribution in [1.29, 1.82) is 0 Å². The van der Waals surface area contributed by atoms with Crippen molar-refractivity contribution in [1.82, 2.24) is 4.57 Å². The zero-order valence-electron chi connectivity index (χ0n) is 11.2. The molecule has 0 amide bonds. The highest BCUT2D eigenvalue weighted by Gasteiger charge is 2.11. The Bertz CT molecular complexity index is 714. The van der Waals surface area contributed by atoms with E-state index in [1.165, 1.54) is 13.4 Å². The van der Waals surface area contributed by atoms with Crippen molar-refractivity contribution in [2.24, 2.45) is 0 Å². The Morgan fingerprint density at radius 1 is 1.20 bits per heavy atom. The zero-order chi connectivity index (χ0) is 14.8. The third kappa shape index (κ3) is 3.08. The molecule has 0 fully saturated rings. The van der Waals surface area contributed by atoms with Crippen LogP contribution in [0.3, 0.4) is 0 Å². The quantitative estimate of drug-likeness (QED) is 0.805. The van der Waals surface area contributed by atoms with Gasteiger partial charge in [-0.05, 0) is 29.8 Å². The van der Waals surface area contributed by atoms with Crippen LogP contribution >= 0.6 is 0 Å². The topological polar surface area (TPSA) is 65.4 Å². The summed E-state index contributed by atoms with van der Waals surface area (Å²) in [5.74, 6) is -0.400. The van der Waals surface area contributed by atoms with Gasteiger partial charge in [0.1, 0.15) is 5.69 Å². The van der Waals surface area contributed by atoms with Gasteiger partial charge in [-0.1, -0.05) is 12.1 Å². The van der Waals surface area contributed by atoms with Crippen molar-refractivity contribution in [3.05, 3.63) is 53.9 Å². The summed E-state index contributed by atoms with van der Waals surface area (Å²) < 4.78 is 29.2. The van der Waals surface area contributed by atoms with Crippen molar-refractivity contribution in [3.63, 3.8) is 0 Å². The first-order chi connectivity index (χ1) is 9.41. The second-order valence-electron chi connectivity index (χ2n) is 4.43. The first kappa shape index (κ1) is 14.3. The molecule has 0 atom stereocenters. The molecule has 0 aliphatic rings. The first-order valence-electron chi connectivity index (χ1n) is 5.94. The lowest BCUT2D eigenvalue weighted by molar-refractivity contribution is 0.0589. The highest BCUT2D eigenvalue weighted by atomic mass is 32.2. The van der Waals surface area contributed by atoms with E-state index in [1.807, 2.05) is 0 Å². The van der Waals surface area contributed by atoms with Gasteiger partial charge in [-0.25, -0.2) is 13.2 Å². The average molecular weight is 293 g/mol. The maximum absolute atomic E-state index is 11.5. The van der Waals surface area contributed by atoms with Crippen molar-refractivity contribution in [3.8, 4) is 0 Å². The molecule has 1 heterocycles. The van der Waals surface area contributed by atoms with Crippen molar-refractivity contribution >= 4 is 15.8 Å². The Kier molecular flexibility index (Phi) is 3.94. The highest BCUT2D eigenvalue weighted by Crippen LogP contribution is 2.13. The molecule has 1 aromatic carbocycles. The molecular formula is C14H15NO4S. The van der Waals surface area contributed by atoms with Gasteiger partial charge in [-0.15, -0.1) is 0 Å². The fourth-order valence-corrected chi connectivity index (χ4v) is 2.51. The number of methoxy groups -OCH3 is 1. The van der Waals surface area contributed by atoms with Crippen LogP contribution in [0.15, 0.2) is 47.5 Å². The van der Waals surface area contributed by atoms with Gasteiger partial charge in [0.2, 0.25) is 0 Å². The number of benzene rings is 1. The summed E-state index contributed by atoms with van der Waals surface area (Å²) in [6, 6.07) is 10.0. The molecule has 0 aliphatic carbocycles. The van der Waals surface area contributed by atoms with Crippen LogP contribution in [0.25, 0.3) is 0 Å². The SMILES string of the molecule is COC(=O)c1cccn1Cc1ccc(S(C)(=O)=O)cc1. The molecular weight excluding hydrogens is 278 g/mol. The Labute approximate surface area is 117 Å². The van der Waals surface area contributed by atoms with Crippen LogP contribution in [-0.2, 0) is 21.1 Å². The number of rotatable bonds is 4. The van der Waals surface area contributed by atoms with Gasteiger partial charge in [0, 0.05) is 19.0 Å². The van der Waals surface area contributed by atoms with Gasteiger partial charge in [0.05, 0.1) is 12.0 Å². The second kappa shape index (κ2) is 5.50. The van der Waals surface area contributed by atoms with E-state index in [0.717, 1.165) is 5.56 Å². The summed E-state index contributed by atoms with van der Waals surface area (Å²) in [5, 5.41) is 0. The Morgan fingerprint density at radius 3 is 2.40 bits per heavy atom. The molecule has 0 saturated carbocycles. The minimum Gasteiger partial charge on any atom is -0.464 e. The number of hydrogen-bond acceptors (Lipinski definition) is 4. The molecule has 0 spiro atoms. The third-order valence-electron chi connectivity index (χ3n) is 2.93.